The lowest BCUT2D eigenvalue weighted by atomic mass is 10.1. The highest BCUT2D eigenvalue weighted by Gasteiger charge is 2.23. The molecule has 0 radical (unpaired) electrons. The number of likely N-dealkylation sites (tertiary alicyclic amines) is 1. The molecule has 6 nitrogen and oxygen atoms in total. The maximum Gasteiger partial charge on any atom is 0.211 e. The van der Waals surface area contributed by atoms with Gasteiger partial charge in [0.1, 0.15) is 11.9 Å². The van der Waals surface area contributed by atoms with Crippen LogP contribution >= 0.6 is 23.2 Å². The van der Waals surface area contributed by atoms with E-state index >= 15 is 0 Å². The van der Waals surface area contributed by atoms with Gasteiger partial charge in [0.15, 0.2) is 0 Å². The third kappa shape index (κ3) is 7.21. The van der Waals surface area contributed by atoms with Crippen molar-refractivity contribution in [3.05, 3.63) is 28.2 Å². The van der Waals surface area contributed by atoms with Gasteiger partial charge in [-0.3, -0.25) is 0 Å². The van der Waals surface area contributed by atoms with Gasteiger partial charge in [0.25, 0.3) is 0 Å². The van der Waals surface area contributed by atoms with E-state index in [1.807, 2.05) is 0 Å². The molecule has 1 saturated heterocycles. The summed E-state index contributed by atoms with van der Waals surface area (Å²) in [6.07, 6.45) is 1.57. The summed E-state index contributed by atoms with van der Waals surface area (Å²) in [5.74, 6) is 0.778. The molecule has 1 aromatic carbocycles. The molecule has 1 fully saturated rings. The van der Waals surface area contributed by atoms with Gasteiger partial charge in [0.2, 0.25) is 10.0 Å². The van der Waals surface area contributed by atoms with Gasteiger partial charge >= 0.3 is 0 Å². The largest absolute Gasteiger partial charge is 0.490 e. The third-order valence-electron chi connectivity index (χ3n) is 4.21. The number of piperidine rings is 1. The average Bonchev–Trinajstić information content (AvgIpc) is 2.58. The minimum atomic E-state index is -3.29. The number of aliphatic hydroxyl groups excluding tert-OH is 1. The van der Waals surface area contributed by atoms with Crippen LogP contribution in [0.4, 0.5) is 0 Å². The number of nitrogens with zero attached hydrogens (tertiary/aromatic N) is 1. The first-order valence-corrected chi connectivity index (χ1v) is 11.2. The zero-order chi connectivity index (χ0) is 19.2. The summed E-state index contributed by atoms with van der Waals surface area (Å²) >= 11 is 11.9. The van der Waals surface area contributed by atoms with Crippen molar-refractivity contribution < 1.29 is 18.3 Å². The molecule has 0 aromatic heterocycles. The molecule has 2 N–H and O–H groups in total. The molecule has 1 aromatic rings. The van der Waals surface area contributed by atoms with Crippen molar-refractivity contribution in [2.75, 3.05) is 31.9 Å². The molecular weight excluding hydrogens is 399 g/mol. The molecule has 0 bridgehead atoms. The van der Waals surface area contributed by atoms with Crippen molar-refractivity contribution in [1.29, 1.82) is 0 Å². The average molecular weight is 425 g/mol. The van der Waals surface area contributed by atoms with E-state index in [1.54, 1.807) is 25.1 Å². The lowest BCUT2D eigenvalue weighted by Gasteiger charge is -2.33. The predicted octanol–water partition coefficient (Wildman–Crippen LogP) is 2.53. The van der Waals surface area contributed by atoms with Crippen LogP contribution in [0.15, 0.2) is 18.2 Å². The number of hydrogen-bond donors (Lipinski definition) is 2. The van der Waals surface area contributed by atoms with Crippen molar-refractivity contribution in [2.24, 2.45) is 0 Å². The molecule has 0 amide bonds. The lowest BCUT2D eigenvalue weighted by molar-refractivity contribution is 0.0630. The van der Waals surface area contributed by atoms with Gasteiger partial charge in [0, 0.05) is 32.2 Å². The highest BCUT2D eigenvalue weighted by molar-refractivity contribution is 7.89. The zero-order valence-corrected chi connectivity index (χ0v) is 17.2. The van der Waals surface area contributed by atoms with E-state index in [0.29, 0.717) is 28.8 Å². The van der Waals surface area contributed by atoms with Gasteiger partial charge in [0.05, 0.1) is 21.9 Å². The van der Waals surface area contributed by atoms with Crippen molar-refractivity contribution in [3.8, 4) is 5.75 Å². The van der Waals surface area contributed by atoms with Gasteiger partial charge in [-0.15, -0.1) is 0 Å². The molecule has 1 aliphatic heterocycles. The number of sulfonamides is 1. The maximum absolute atomic E-state index is 11.6. The number of rotatable bonds is 9. The van der Waals surface area contributed by atoms with Gasteiger partial charge in [-0.05, 0) is 31.4 Å². The number of benzene rings is 1. The minimum Gasteiger partial charge on any atom is -0.490 e. The van der Waals surface area contributed by atoms with E-state index in [1.165, 1.54) is 0 Å². The summed E-state index contributed by atoms with van der Waals surface area (Å²) in [6, 6.07) is 5.22. The second kappa shape index (κ2) is 10.1. The van der Waals surface area contributed by atoms with Crippen LogP contribution in [0.3, 0.4) is 0 Å². The van der Waals surface area contributed by atoms with Gasteiger partial charge in [-0.1, -0.05) is 30.1 Å². The highest BCUT2D eigenvalue weighted by Crippen LogP contribution is 2.28. The van der Waals surface area contributed by atoms with Crippen LogP contribution in [0.2, 0.25) is 10.0 Å². The molecule has 148 valence electrons. The van der Waals surface area contributed by atoms with E-state index in [4.69, 9.17) is 27.9 Å². The van der Waals surface area contributed by atoms with Crippen LogP contribution in [0.25, 0.3) is 0 Å². The van der Waals surface area contributed by atoms with Crippen LogP contribution in [-0.4, -0.2) is 62.6 Å². The minimum absolute atomic E-state index is 0.0437. The SMILES string of the molecule is CCCS(=O)(=O)NC[C@@H](O)CN1CCC(Oc2ccc(Cl)c(Cl)c2)CC1. The molecular formula is C17H26Cl2N2O4S. The Bertz CT molecular complexity index is 679. The second-order valence-corrected chi connectivity index (χ2v) is 9.26. The molecule has 0 spiro atoms. The molecule has 26 heavy (non-hydrogen) atoms. The van der Waals surface area contributed by atoms with Gasteiger partial charge in [-0.25, -0.2) is 13.1 Å². The Morgan fingerprint density at radius 3 is 2.62 bits per heavy atom. The Balaban J connectivity index is 1.71. The normalized spacial score (nSPS) is 18.0. The molecule has 0 unspecified atom stereocenters. The summed E-state index contributed by atoms with van der Waals surface area (Å²) in [4.78, 5) is 2.12. The number of nitrogens with one attached hydrogen (secondary N) is 1. The van der Waals surface area contributed by atoms with E-state index in [9.17, 15) is 13.5 Å². The molecule has 0 saturated carbocycles. The van der Waals surface area contributed by atoms with E-state index < -0.39 is 16.1 Å². The highest BCUT2D eigenvalue weighted by atomic mass is 35.5. The van der Waals surface area contributed by atoms with Crippen LogP contribution in [-0.2, 0) is 10.0 Å². The van der Waals surface area contributed by atoms with Crippen molar-refractivity contribution >= 4 is 33.2 Å². The second-order valence-electron chi connectivity index (χ2n) is 6.51. The van der Waals surface area contributed by atoms with Crippen molar-refractivity contribution in [3.63, 3.8) is 0 Å². The molecule has 9 heteroatoms. The Morgan fingerprint density at radius 2 is 2.00 bits per heavy atom. The number of ether oxygens (including phenoxy) is 1. The zero-order valence-electron chi connectivity index (χ0n) is 14.8. The van der Waals surface area contributed by atoms with E-state index in [0.717, 1.165) is 25.9 Å². The number of β-amino-alcohol motifs (C(OH)–C–C–N with tert-alkyl or cyclic N) is 1. The van der Waals surface area contributed by atoms with E-state index in [-0.39, 0.29) is 18.4 Å². The number of aliphatic hydroxyl groups is 1. The summed E-state index contributed by atoms with van der Waals surface area (Å²) in [6.45, 7) is 3.85. The Morgan fingerprint density at radius 1 is 1.31 bits per heavy atom. The predicted molar refractivity (Wildman–Crippen MR) is 105 cm³/mol. The summed E-state index contributed by atoms with van der Waals surface area (Å²) in [5.41, 5.74) is 0. The molecule has 2 rings (SSSR count). The van der Waals surface area contributed by atoms with Gasteiger partial charge in [-0.2, -0.15) is 0 Å². The molecule has 1 heterocycles. The van der Waals surface area contributed by atoms with E-state index in [2.05, 4.69) is 9.62 Å². The third-order valence-corrected chi connectivity index (χ3v) is 6.50. The molecule has 0 aliphatic carbocycles. The topological polar surface area (TPSA) is 78.9 Å². The smallest absolute Gasteiger partial charge is 0.211 e. The molecule has 1 atom stereocenters. The van der Waals surface area contributed by atoms with Crippen molar-refractivity contribution in [1.82, 2.24) is 9.62 Å². The number of halogens is 2. The number of hydrogen-bond acceptors (Lipinski definition) is 5. The Hall–Kier alpha value is -0.570. The quantitative estimate of drug-likeness (QED) is 0.636. The first-order chi connectivity index (χ1) is 12.3. The maximum atomic E-state index is 11.6. The molecule has 1 aliphatic rings. The first kappa shape index (κ1) is 21.7. The van der Waals surface area contributed by atoms with Crippen LogP contribution in [0, 0.1) is 0 Å². The van der Waals surface area contributed by atoms with Crippen LogP contribution in [0.5, 0.6) is 5.75 Å². The van der Waals surface area contributed by atoms with Gasteiger partial charge < -0.3 is 14.7 Å². The monoisotopic (exact) mass is 424 g/mol. The fraction of sp³-hybridized carbons (Fsp3) is 0.647. The lowest BCUT2D eigenvalue weighted by Crippen LogP contribution is -2.45. The van der Waals surface area contributed by atoms with Crippen LogP contribution in [0.1, 0.15) is 26.2 Å². The summed E-state index contributed by atoms with van der Waals surface area (Å²) < 4.78 is 31.6. The first-order valence-electron chi connectivity index (χ1n) is 8.78. The van der Waals surface area contributed by atoms with Crippen molar-refractivity contribution in [2.45, 2.75) is 38.4 Å². The fourth-order valence-electron chi connectivity index (χ4n) is 2.88. The Kier molecular flexibility index (Phi) is 8.44. The fourth-order valence-corrected chi connectivity index (χ4v) is 4.30. The summed E-state index contributed by atoms with van der Waals surface area (Å²) in [5, 5.41) is 11.0. The standard InChI is InChI=1S/C17H26Cl2N2O4S/c1-2-9-26(23,24)20-11-13(22)12-21-7-5-14(6-8-21)25-15-3-4-16(18)17(19)10-15/h3-4,10,13-14,20,22H,2,5-9,11-12H2,1H3/t13-/m1/s1. The van der Waals surface area contributed by atoms with Crippen LogP contribution < -0.4 is 9.46 Å². The summed E-state index contributed by atoms with van der Waals surface area (Å²) in [7, 11) is -3.29. The Labute approximate surface area is 165 Å².